The zero-order valence-electron chi connectivity index (χ0n) is 8.50. The van der Waals surface area contributed by atoms with E-state index in [-0.39, 0.29) is 0 Å². The Morgan fingerprint density at radius 1 is 1.25 bits per heavy atom. The van der Waals surface area contributed by atoms with Crippen LogP contribution >= 0.6 is 11.8 Å². The minimum absolute atomic E-state index is 0.667. The minimum Gasteiger partial charge on any atom is -0.308 e. The van der Waals surface area contributed by atoms with E-state index in [1.807, 2.05) is 18.2 Å². The van der Waals surface area contributed by atoms with Gasteiger partial charge in [0.05, 0.1) is 5.03 Å². The van der Waals surface area contributed by atoms with Gasteiger partial charge in [-0.3, -0.25) is 0 Å². The molecule has 82 valence electrons. The van der Waals surface area contributed by atoms with Crippen LogP contribution in [0.25, 0.3) is 0 Å². The molecule has 0 atom stereocenters. The van der Waals surface area contributed by atoms with Crippen LogP contribution in [0.3, 0.4) is 0 Å². The van der Waals surface area contributed by atoms with Crippen molar-refractivity contribution in [1.82, 2.24) is 15.0 Å². The van der Waals surface area contributed by atoms with E-state index in [1.54, 1.807) is 30.5 Å². The second-order valence-corrected chi connectivity index (χ2v) is 4.03. The first-order valence-electron chi connectivity index (χ1n) is 4.69. The van der Waals surface area contributed by atoms with E-state index in [4.69, 9.17) is 5.84 Å². The molecule has 0 aliphatic carbocycles. The monoisotopic (exact) mass is 233 g/mol. The highest BCUT2D eigenvalue weighted by molar-refractivity contribution is 7.98. The van der Waals surface area contributed by atoms with E-state index < -0.39 is 0 Å². The number of anilines is 1. The van der Waals surface area contributed by atoms with E-state index in [0.29, 0.717) is 5.82 Å². The third kappa shape index (κ3) is 2.91. The molecule has 0 amide bonds. The summed E-state index contributed by atoms with van der Waals surface area (Å²) in [6.07, 6.45) is 5.00. The highest BCUT2D eigenvalue weighted by atomic mass is 32.2. The molecule has 6 heteroatoms. The Bertz CT molecular complexity index is 448. The molecule has 3 N–H and O–H groups in total. The molecule has 0 aliphatic heterocycles. The standard InChI is InChI=1S/C10H11N5S/c11-15-9-5-8(1-4-13-9)6-16-10-2-3-12-7-14-10/h1-5,7H,6,11H2,(H,13,15). The largest absolute Gasteiger partial charge is 0.308 e. The van der Waals surface area contributed by atoms with Gasteiger partial charge in [-0.1, -0.05) is 0 Å². The highest BCUT2D eigenvalue weighted by Crippen LogP contribution is 2.20. The first-order valence-corrected chi connectivity index (χ1v) is 5.67. The quantitative estimate of drug-likeness (QED) is 0.360. The van der Waals surface area contributed by atoms with Crippen molar-refractivity contribution in [2.75, 3.05) is 5.43 Å². The number of rotatable bonds is 4. The molecule has 16 heavy (non-hydrogen) atoms. The summed E-state index contributed by atoms with van der Waals surface area (Å²) in [5, 5.41) is 0.953. The van der Waals surface area contributed by atoms with Gasteiger partial charge in [-0.25, -0.2) is 20.8 Å². The first kappa shape index (κ1) is 10.8. The van der Waals surface area contributed by atoms with Crippen LogP contribution in [0, 0.1) is 0 Å². The van der Waals surface area contributed by atoms with E-state index in [0.717, 1.165) is 16.3 Å². The predicted octanol–water partition coefficient (Wildman–Crippen LogP) is 1.45. The maximum atomic E-state index is 5.29. The average molecular weight is 233 g/mol. The van der Waals surface area contributed by atoms with Crippen LogP contribution in [-0.2, 0) is 5.75 Å². The molecule has 0 saturated heterocycles. The van der Waals surface area contributed by atoms with Crippen molar-refractivity contribution >= 4 is 17.6 Å². The predicted molar refractivity (Wildman–Crippen MR) is 63.6 cm³/mol. The van der Waals surface area contributed by atoms with E-state index >= 15 is 0 Å². The number of hydrazine groups is 1. The fraction of sp³-hybridized carbons (Fsp3) is 0.100. The molecule has 0 spiro atoms. The van der Waals surface area contributed by atoms with Crippen molar-refractivity contribution in [1.29, 1.82) is 0 Å². The van der Waals surface area contributed by atoms with Gasteiger partial charge in [0.25, 0.3) is 0 Å². The summed E-state index contributed by atoms with van der Waals surface area (Å²) in [5.74, 6) is 6.78. The number of aromatic nitrogens is 3. The Hall–Kier alpha value is -1.66. The van der Waals surface area contributed by atoms with Gasteiger partial charge in [-0.2, -0.15) is 0 Å². The number of thioether (sulfide) groups is 1. The van der Waals surface area contributed by atoms with Gasteiger partial charge in [0.15, 0.2) is 0 Å². The summed E-state index contributed by atoms with van der Waals surface area (Å²) in [7, 11) is 0. The molecular formula is C10H11N5S. The summed E-state index contributed by atoms with van der Waals surface area (Å²) >= 11 is 1.65. The van der Waals surface area contributed by atoms with Crippen LogP contribution in [0.2, 0.25) is 0 Å². The SMILES string of the molecule is NNc1cc(CSc2ccncn2)ccn1. The molecule has 0 radical (unpaired) electrons. The Kier molecular flexibility index (Phi) is 3.68. The zero-order chi connectivity index (χ0) is 11.2. The molecule has 2 aromatic rings. The summed E-state index contributed by atoms with van der Waals surface area (Å²) in [6.45, 7) is 0. The summed E-state index contributed by atoms with van der Waals surface area (Å²) in [4.78, 5) is 12.0. The van der Waals surface area contributed by atoms with Crippen molar-refractivity contribution in [2.45, 2.75) is 10.8 Å². The second-order valence-electron chi connectivity index (χ2n) is 3.03. The number of hydrogen-bond acceptors (Lipinski definition) is 6. The third-order valence-corrected chi connectivity index (χ3v) is 2.93. The lowest BCUT2D eigenvalue weighted by Gasteiger charge is -2.03. The molecule has 2 aromatic heterocycles. The fourth-order valence-corrected chi connectivity index (χ4v) is 1.94. The van der Waals surface area contributed by atoms with Crippen LogP contribution in [0.1, 0.15) is 5.56 Å². The molecule has 2 rings (SSSR count). The second kappa shape index (κ2) is 5.43. The van der Waals surface area contributed by atoms with Crippen molar-refractivity contribution in [2.24, 2.45) is 5.84 Å². The normalized spacial score (nSPS) is 10.1. The molecule has 0 aromatic carbocycles. The van der Waals surface area contributed by atoms with Crippen LogP contribution in [-0.4, -0.2) is 15.0 Å². The molecule has 0 saturated carbocycles. The summed E-state index contributed by atoms with van der Waals surface area (Å²) < 4.78 is 0. The first-order chi connectivity index (χ1) is 7.88. The van der Waals surface area contributed by atoms with Crippen LogP contribution < -0.4 is 11.3 Å². The fourth-order valence-electron chi connectivity index (χ4n) is 1.16. The lowest BCUT2D eigenvalue weighted by Crippen LogP contribution is -2.08. The topological polar surface area (TPSA) is 76.7 Å². The molecule has 0 aliphatic rings. The Morgan fingerprint density at radius 2 is 2.19 bits per heavy atom. The molecular weight excluding hydrogens is 222 g/mol. The molecule has 0 bridgehead atoms. The average Bonchev–Trinajstić information content (AvgIpc) is 2.38. The van der Waals surface area contributed by atoms with Crippen LogP contribution in [0.4, 0.5) is 5.82 Å². The Morgan fingerprint density at radius 3 is 2.94 bits per heavy atom. The lowest BCUT2D eigenvalue weighted by molar-refractivity contribution is 1.05. The number of nitrogens with one attached hydrogen (secondary N) is 1. The maximum Gasteiger partial charge on any atom is 0.140 e. The highest BCUT2D eigenvalue weighted by Gasteiger charge is 1.98. The number of pyridine rings is 1. The molecule has 5 nitrogen and oxygen atoms in total. The van der Waals surface area contributed by atoms with Gasteiger partial charge >= 0.3 is 0 Å². The summed E-state index contributed by atoms with van der Waals surface area (Å²) in [5.41, 5.74) is 3.66. The summed E-state index contributed by atoms with van der Waals surface area (Å²) in [6, 6.07) is 5.75. The van der Waals surface area contributed by atoms with Gasteiger partial charge in [-0.15, -0.1) is 11.8 Å². The number of nitrogen functional groups attached to an aromatic ring is 1. The van der Waals surface area contributed by atoms with Gasteiger partial charge in [0, 0.05) is 18.1 Å². The minimum atomic E-state index is 0.667. The molecule has 0 fully saturated rings. The number of nitrogens with zero attached hydrogens (tertiary/aromatic N) is 3. The van der Waals surface area contributed by atoms with Gasteiger partial charge < -0.3 is 5.43 Å². The smallest absolute Gasteiger partial charge is 0.140 e. The zero-order valence-corrected chi connectivity index (χ0v) is 9.31. The Labute approximate surface area is 97.5 Å². The Balaban J connectivity index is 1.99. The maximum absolute atomic E-state index is 5.29. The van der Waals surface area contributed by atoms with E-state index in [9.17, 15) is 0 Å². The van der Waals surface area contributed by atoms with Crippen LogP contribution in [0.5, 0.6) is 0 Å². The third-order valence-electron chi connectivity index (χ3n) is 1.91. The number of hydrogen-bond donors (Lipinski definition) is 2. The van der Waals surface area contributed by atoms with Crippen molar-refractivity contribution in [3.8, 4) is 0 Å². The van der Waals surface area contributed by atoms with E-state index in [1.165, 1.54) is 0 Å². The van der Waals surface area contributed by atoms with Crippen LogP contribution in [0.15, 0.2) is 41.9 Å². The number of nitrogens with two attached hydrogens (primary N) is 1. The van der Waals surface area contributed by atoms with Crippen molar-refractivity contribution in [3.05, 3.63) is 42.5 Å². The molecule has 2 heterocycles. The van der Waals surface area contributed by atoms with Gasteiger partial charge in [-0.05, 0) is 23.8 Å². The van der Waals surface area contributed by atoms with Gasteiger partial charge in [0.1, 0.15) is 12.1 Å². The van der Waals surface area contributed by atoms with Crippen molar-refractivity contribution in [3.63, 3.8) is 0 Å². The van der Waals surface area contributed by atoms with Crippen molar-refractivity contribution < 1.29 is 0 Å². The van der Waals surface area contributed by atoms with Gasteiger partial charge in [0.2, 0.25) is 0 Å². The lowest BCUT2D eigenvalue weighted by atomic mass is 10.3. The molecule has 0 unspecified atom stereocenters. The van der Waals surface area contributed by atoms with E-state index in [2.05, 4.69) is 20.4 Å².